The van der Waals surface area contributed by atoms with Crippen LogP contribution in [0.25, 0.3) is 11.2 Å². The minimum atomic E-state index is -0.128. The Labute approximate surface area is 137 Å². The summed E-state index contributed by atoms with van der Waals surface area (Å²) >= 11 is 0. The highest BCUT2D eigenvalue weighted by Crippen LogP contribution is 2.15. The molecule has 9 heteroatoms. The molecule has 0 atom stereocenters. The van der Waals surface area contributed by atoms with Gasteiger partial charge in [-0.25, -0.2) is 9.97 Å². The first-order valence-electron chi connectivity index (χ1n) is 7.17. The third kappa shape index (κ3) is 3.14. The standard InChI is InChI=1S/C15H16N8O/c1-18-14(24)8-2-4-9(5-3-8)19-6-10-7-20-13-11(21-10)12(16)22-15(17)23-13/h2-5,7,19H,6H2,1H3,(H,18,24)(H4,16,17,20,22,23). The van der Waals surface area contributed by atoms with Gasteiger partial charge in [0.25, 0.3) is 5.91 Å². The third-order valence-electron chi connectivity index (χ3n) is 3.35. The summed E-state index contributed by atoms with van der Waals surface area (Å²) in [5.41, 5.74) is 14.2. The zero-order valence-electron chi connectivity index (χ0n) is 12.9. The average molecular weight is 324 g/mol. The monoisotopic (exact) mass is 324 g/mol. The number of benzene rings is 1. The maximum Gasteiger partial charge on any atom is 0.251 e. The average Bonchev–Trinajstić information content (AvgIpc) is 2.60. The van der Waals surface area contributed by atoms with Gasteiger partial charge in [0.15, 0.2) is 17.0 Å². The second kappa shape index (κ2) is 6.32. The number of nitrogens with zero attached hydrogens (tertiary/aromatic N) is 4. The van der Waals surface area contributed by atoms with Crippen molar-refractivity contribution >= 4 is 34.5 Å². The van der Waals surface area contributed by atoms with E-state index in [4.69, 9.17) is 11.5 Å². The summed E-state index contributed by atoms with van der Waals surface area (Å²) in [6, 6.07) is 7.11. The number of nitrogen functional groups attached to an aromatic ring is 2. The number of nitrogens with one attached hydrogen (secondary N) is 2. The Morgan fingerprint density at radius 2 is 1.88 bits per heavy atom. The lowest BCUT2D eigenvalue weighted by atomic mass is 10.2. The lowest BCUT2D eigenvalue weighted by molar-refractivity contribution is 0.0963. The Morgan fingerprint density at radius 1 is 1.12 bits per heavy atom. The van der Waals surface area contributed by atoms with Gasteiger partial charge in [-0.15, -0.1) is 0 Å². The molecule has 0 saturated heterocycles. The van der Waals surface area contributed by atoms with Crippen LogP contribution in [0.4, 0.5) is 17.5 Å². The van der Waals surface area contributed by atoms with Crippen molar-refractivity contribution in [1.29, 1.82) is 0 Å². The molecule has 0 spiro atoms. The molecular weight excluding hydrogens is 308 g/mol. The quantitative estimate of drug-likeness (QED) is 0.544. The Balaban J connectivity index is 1.74. The molecule has 122 valence electrons. The first-order chi connectivity index (χ1) is 11.6. The van der Waals surface area contributed by atoms with Crippen LogP contribution in [0.2, 0.25) is 0 Å². The van der Waals surface area contributed by atoms with Gasteiger partial charge in [-0.05, 0) is 24.3 Å². The number of carbonyl (C=O) groups is 1. The topological polar surface area (TPSA) is 145 Å². The molecule has 24 heavy (non-hydrogen) atoms. The summed E-state index contributed by atoms with van der Waals surface area (Å²) in [7, 11) is 1.59. The molecule has 0 aliphatic carbocycles. The van der Waals surface area contributed by atoms with E-state index in [-0.39, 0.29) is 17.7 Å². The van der Waals surface area contributed by atoms with Gasteiger partial charge in [0, 0.05) is 18.3 Å². The molecule has 3 rings (SSSR count). The molecule has 2 heterocycles. The number of nitrogens with two attached hydrogens (primary N) is 2. The first-order valence-corrected chi connectivity index (χ1v) is 7.17. The summed E-state index contributed by atoms with van der Waals surface area (Å²) in [5, 5.41) is 5.77. The Hall–Kier alpha value is -3.49. The fourth-order valence-corrected chi connectivity index (χ4v) is 2.14. The summed E-state index contributed by atoms with van der Waals surface area (Å²) in [6.07, 6.45) is 1.60. The van der Waals surface area contributed by atoms with Crippen molar-refractivity contribution in [1.82, 2.24) is 25.3 Å². The Morgan fingerprint density at radius 3 is 2.58 bits per heavy atom. The van der Waals surface area contributed by atoms with E-state index in [1.165, 1.54) is 0 Å². The van der Waals surface area contributed by atoms with E-state index in [1.807, 2.05) is 12.1 Å². The van der Waals surface area contributed by atoms with Crippen LogP contribution in [0.1, 0.15) is 16.1 Å². The molecule has 0 aliphatic rings. The highest BCUT2D eigenvalue weighted by atomic mass is 16.1. The Kier molecular flexibility index (Phi) is 4.06. The van der Waals surface area contributed by atoms with Crippen molar-refractivity contribution in [3.05, 3.63) is 41.7 Å². The smallest absolute Gasteiger partial charge is 0.251 e. The highest BCUT2D eigenvalue weighted by molar-refractivity contribution is 5.94. The molecule has 2 aromatic heterocycles. The summed E-state index contributed by atoms with van der Waals surface area (Å²) in [5.74, 6) is 0.134. The highest BCUT2D eigenvalue weighted by Gasteiger charge is 2.08. The van der Waals surface area contributed by atoms with Crippen LogP contribution in [-0.2, 0) is 6.54 Å². The van der Waals surface area contributed by atoms with Crippen LogP contribution in [0.15, 0.2) is 30.5 Å². The van der Waals surface area contributed by atoms with Gasteiger partial charge in [-0.1, -0.05) is 0 Å². The molecule has 6 N–H and O–H groups in total. The normalized spacial score (nSPS) is 10.5. The van der Waals surface area contributed by atoms with Crippen LogP contribution in [-0.4, -0.2) is 32.9 Å². The number of anilines is 3. The minimum Gasteiger partial charge on any atom is -0.382 e. The lowest BCUT2D eigenvalue weighted by Gasteiger charge is -2.08. The number of aromatic nitrogens is 4. The van der Waals surface area contributed by atoms with E-state index in [9.17, 15) is 4.79 Å². The second-order valence-corrected chi connectivity index (χ2v) is 5.01. The van der Waals surface area contributed by atoms with E-state index in [0.717, 1.165) is 5.69 Å². The number of rotatable bonds is 4. The van der Waals surface area contributed by atoms with Crippen molar-refractivity contribution in [3.8, 4) is 0 Å². The number of carbonyl (C=O) groups excluding carboxylic acids is 1. The summed E-state index contributed by atoms with van der Waals surface area (Å²) < 4.78 is 0. The van der Waals surface area contributed by atoms with Crippen molar-refractivity contribution in [3.63, 3.8) is 0 Å². The van der Waals surface area contributed by atoms with Gasteiger partial charge in [0.05, 0.1) is 18.4 Å². The summed E-state index contributed by atoms with van der Waals surface area (Å²) in [6.45, 7) is 0.437. The van der Waals surface area contributed by atoms with E-state index in [1.54, 1.807) is 25.4 Å². The van der Waals surface area contributed by atoms with Gasteiger partial charge in [-0.2, -0.15) is 9.97 Å². The second-order valence-electron chi connectivity index (χ2n) is 5.01. The molecule has 0 saturated carbocycles. The molecule has 9 nitrogen and oxygen atoms in total. The number of fused-ring (bicyclic) bond motifs is 1. The molecular formula is C15H16N8O. The van der Waals surface area contributed by atoms with Gasteiger partial charge in [-0.3, -0.25) is 4.79 Å². The zero-order chi connectivity index (χ0) is 17.1. The van der Waals surface area contributed by atoms with Gasteiger partial charge in [0.1, 0.15) is 0 Å². The van der Waals surface area contributed by atoms with E-state index < -0.39 is 0 Å². The molecule has 1 amide bonds. The van der Waals surface area contributed by atoms with Crippen molar-refractivity contribution in [2.75, 3.05) is 23.8 Å². The van der Waals surface area contributed by atoms with Crippen LogP contribution in [0.5, 0.6) is 0 Å². The largest absolute Gasteiger partial charge is 0.382 e. The molecule has 0 fully saturated rings. The number of amides is 1. The third-order valence-corrected chi connectivity index (χ3v) is 3.35. The first kappa shape index (κ1) is 15.4. The molecule has 0 bridgehead atoms. The van der Waals surface area contributed by atoms with Crippen LogP contribution in [0.3, 0.4) is 0 Å². The molecule has 0 unspecified atom stereocenters. The lowest BCUT2D eigenvalue weighted by Crippen LogP contribution is -2.17. The van der Waals surface area contributed by atoms with Crippen molar-refractivity contribution in [2.24, 2.45) is 0 Å². The van der Waals surface area contributed by atoms with Crippen molar-refractivity contribution in [2.45, 2.75) is 6.54 Å². The predicted molar refractivity (Wildman–Crippen MR) is 91.1 cm³/mol. The van der Waals surface area contributed by atoms with E-state index in [0.29, 0.717) is 29.0 Å². The van der Waals surface area contributed by atoms with Crippen LogP contribution in [0, 0.1) is 0 Å². The van der Waals surface area contributed by atoms with Gasteiger partial charge in [0.2, 0.25) is 5.95 Å². The number of hydrogen-bond acceptors (Lipinski definition) is 8. The molecule has 3 aromatic rings. The number of hydrogen-bond donors (Lipinski definition) is 4. The van der Waals surface area contributed by atoms with Crippen LogP contribution < -0.4 is 22.1 Å². The SMILES string of the molecule is CNC(=O)c1ccc(NCc2cnc3nc(N)nc(N)c3n2)cc1. The minimum absolute atomic E-state index is 0.0661. The fraction of sp³-hybridized carbons (Fsp3) is 0.133. The maximum absolute atomic E-state index is 11.5. The fourth-order valence-electron chi connectivity index (χ4n) is 2.14. The maximum atomic E-state index is 11.5. The predicted octanol–water partition coefficient (Wildman–Crippen LogP) is 0.556. The molecule has 0 aliphatic heterocycles. The molecule has 1 aromatic carbocycles. The van der Waals surface area contributed by atoms with Gasteiger partial charge >= 0.3 is 0 Å². The van der Waals surface area contributed by atoms with Crippen molar-refractivity contribution < 1.29 is 4.79 Å². The van der Waals surface area contributed by atoms with E-state index >= 15 is 0 Å². The van der Waals surface area contributed by atoms with Gasteiger partial charge < -0.3 is 22.1 Å². The van der Waals surface area contributed by atoms with E-state index in [2.05, 4.69) is 30.6 Å². The summed E-state index contributed by atoms with van der Waals surface area (Å²) in [4.78, 5) is 28.0. The zero-order valence-corrected chi connectivity index (χ0v) is 12.9. The Bertz CT molecular complexity index is 894. The van der Waals surface area contributed by atoms with Crippen LogP contribution >= 0.6 is 0 Å². The molecule has 0 radical (unpaired) electrons.